The third-order valence-electron chi connectivity index (χ3n) is 2.00. The first-order chi connectivity index (χ1) is 4.74. The van der Waals surface area contributed by atoms with Gasteiger partial charge in [-0.2, -0.15) is 0 Å². The predicted octanol–water partition coefficient (Wildman–Crippen LogP) is -0.235. The minimum Gasteiger partial charge on any atom is -0.390 e. The van der Waals surface area contributed by atoms with Crippen molar-refractivity contribution in [3.63, 3.8) is 0 Å². The second kappa shape index (κ2) is 3.32. The molecule has 0 aromatic heterocycles. The molecule has 2 N–H and O–H groups in total. The Morgan fingerprint density at radius 2 is 1.80 bits per heavy atom. The molecule has 1 fully saturated rings. The van der Waals surface area contributed by atoms with E-state index in [2.05, 4.69) is 0 Å². The van der Waals surface area contributed by atoms with Crippen LogP contribution in [0.4, 0.5) is 0 Å². The Kier molecular flexibility index (Phi) is 2.65. The topological polar surface area (TPSA) is 49.7 Å². The second-order valence-corrected chi connectivity index (χ2v) is 2.93. The molecule has 3 atom stereocenters. The highest BCUT2D eigenvalue weighted by molar-refractivity contribution is 4.82. The minimum atomic E-state index is -0.528. The molecule has 0 bridgehead atoms. The van der Waals surface area contributed by atoms with Crippen LogP contribution in [0.25, 0.3) is 0 Å². The normalized spacial score (nSPS) is 40.5. The first kappa shape index (κ1) is 7.98. The van der Waals surface area contributed by atoms with Crippen LogP contribution in [0.1, 0.15) is 12.8 Å². The molecule has 0 spiro atoms. The Morgan fingerprint density at radius 3 is 2.20 bits per heavy atom. The third-order valence-corrected chi connectivity index (χ3v) is 2.00. The summed E-state index contributed by atoms with van der Waals surface area (Å²) in [6, 6.07) is 0. The summed E-state index contributed by atoms with van der Waals surface area (Å²) in [5.74, 6) is 0.343. The quantitative estimate of drug-likeness (QED) is 0.565. The summed E-state index contributed by atoms with van der Waals surface area (Å²) in [6.45, 7) is 0.647. The lowest BCUT2D eigenvalue weighted by molar-refractivity contribution is 0.0438. The van der Waals surface area contributed by atoms with Gasteiger partial charge in [0.2, 0.25) is 0 Å². The monoisotopic (exact) mass is 146 g/mol. The van der Waals surface area contributed by atoms with Crippen LogP contribution in [0.2, 0.25) is 0 Å². The number of hydrogen-bond acceptors (Lipinski definition) is 3. The lowest BCUT2D eigenvalue weighted by Gasteiger charge is -2.04. The second-order valence-electron chi connectivity index (χ2n) is 2.93. The maximum atomic E-state index is 9.09. The summed E-state index contributed by atoms with van der Waals surface area (Å²) >= 11 is 0. The number of methoxy groups -OCH3 is 1. The fraction of sp³-hybridized carbons (Fsp3) is 1.00. The zero-order valence-electron chi connectivity index (χ0n) is 6.16. The average Bonchev–Trinajstić information content (AvgIpc) is 2.14. The van der Waals surface area contributed by atoms with Crippen molar-refractivity contribution < 1.29 is 14.9 Å². The Balaban J connectivity index is 2.27. The van der Waals surface area contributed by atoms with E-state index >= 15 is 0 Å². The third kappa shape index (κ3) is 1.68. The van der Waals surface area contributed by atoms with Crippen molar-refractivity contribution in [1.82, 2.24) is 0 Å². The van der Waals surface area contributed by atoms with Crippen LogP contribution in [0, 0.1) is 5.92 Å². The van der Waals surface area contributed by atoms with Gasteiger partial charge < -0.3 is 14.9 Å². The van der Waals surface area contributed by atoms with Crippen LogP contribution in [-0.4, -0.2) is 36.1 Å². The molecule has 1 aliphatic rings. The average molecular weight is 146 g/mol. The molecule has 0 saturated heterocycles. The molecule has 0 aromatic carbocycles. The van der Waals surface area contributed by atoms with Crippen LogP contribution < -0.4 is 0 Å². The van der Waals surface area contributed by atoms with Gasteiger partial charge in [-0.1, -0.05) is 0 Å². The highest BCUT2D eigenvalue weighted by Crippen LogP contribution is 2.25. The van der Waals surface area contributed by atoms with E-state index in [4.69, 9.17) is 14.9 Å². The van der Waals surface area contributed by atoms with Crippen LogP contribution in [0.15, 0.2) is 0 Å². The lowest BCUT2D eigenvalue weighted by Crippen LogP contribution is -2.17. The van der Waals surface area contributed by atoms with Crippen LogP contribution in [-0.2, 0) is 4.74 Å². The Bertz CT molecular complexity index is 95.0. The Morgan fingerprint density at radius 1 is 1.30 bits per heavy atom. The van der Waals surface area contributed by atoms with Gasteiger partial charge in [0.05, 0.1) is 12.2 Å². The van der Waals surface area contributed by atoms with E-state index in [-0.39, 0.29) is 0 Å². The maximum Gasteiger partial charge on any atom is 0.0802 e. The van der Waals surface area contributed by atoms with Crippen molar-refractivity contribution in [3.05, 3.63) is 0 Å². The molecule has 3 heteroatoms. The van der Waals surface area contributed by atoms with Gasteiger partial charge in [-0.3, -0.25) is 0 Å². The summed E-state index contributed by atoms with van der Waals surface area (Å²) in [4.78, 5) is 0. The summed E-state index contributed by atoms with van der Waals surface area (Å²) in [5.41, 5.74) is 0. The van der Waals surface area contributed by atoms with Crippen molar-refractivity contribution in [1.29, 1.82) is 0 Å². The Hall–Kier alpha value is -0.120. The van der Waals surface area contributed by atoms with Gasteiger partial charge >= 0.3 is 0 Å². The van der Waals surface area contributed by atoms with Gasteiger partial charge in [0, 0.05) is 13.7 Å². The van der Waals surface area contributed by atoms with E-state index in [0.717, 1.165) is 0 Å². The van der Waals surface area contributed by atoms with E-state index < -0.39 is 12.2 Å². The lowest BCUT2D eigenvalue weighted by atomic mass is 10.1. The van der Waals surface area contributed by atoms with Crippen LogP contribution >= 0.6 is 0 Å². The number of hydrogen-bond donors (Lipinski definition) is 2. The summed E-state index contributed by atoms with van der Waals surface area (Å²) in [5, 5.41) is 18.2. The molecule has 3 nitrogen and oxygen atoms in total. The summed E-state index contributed by atoms with van der Waals surface area (Å²) in [7, 11) is 1.64. The van der Waals surface area contributed by atoms with Gasteiger partial charge in [0.25, 0.3) is 0 Å². The van der Waals surface area contributed by atoms with Crippen molar-refractivity contribution in [3.8, 4) is 0 Å². The van der Waals surface area contributed by atoms with Crippen LogP contribution in [0.3, 0.4) is 0 Å². The number of aliphatic hydroxyl groups is 2. The Labute approximate surface area is 60.6 Å². The molecule has 1 unspecified atom stereocenters. The zero-order chi connectivity index (χ0) is 7.56. The SMILES string of the molecule is COCC1C[C@@H](O)[C@@H](O)C1. The smallest absolute Gasteiger partial charge is 0.0802 e. The van der Waals surface area contributed by atoms with Crippen molar-refractivity contribution in [2.45, 2.75) is 25.0 Å². The molecule has 0 aromatic rings. The van der Waals surface area contributed by atoms with Crippen molar-refractivity contribution in [2.75, 3.05) is 13.7 Å². The molecular formula is C7H14O3. The highest BCUT2D eigenvalue weighted by Gasteiger charge is 2.30. The van der Waals surface area contributed by atoms with E-state index in [9.17, 15) is 0 Å². The number of ether oxygens (including phenoxy) is 1. The minimum absolute atomic E-state index is 0.343. The number of rotatable bonds is 2. The van der Waals surface area contributed by atoms with E-state index in [1.165, 1.54) is 0 Å². The first-order valence-electron chi connectivity index (χ1n) is 3.59. The van der Waals surface area contributed by atoms with E-state index in [1.807, 2.05) is 0 Å². The molecular weight excluding hydrogens is 132 g/mol. The van der Waals surface area contributed by atoms with Gasteiger partial charge in [0.1, 0.15) is 0 Å². The molecule has 1 aliphatic carbocycles. The molecule has 0 heterocycles. The fourth-order valence-corrected chi connectivity index (χ4v) is 1.47. The number of aliphatic hydroxyl groups excluding tert-OH is 2. The molecule has 0 aliphatic heterocycles. The molecule has 0 amide bonds. The fourth-order valence-electron chi connectivity index (χ4n) is 1.47. The van der Waals surface area contributed by atoms with Gasteiger partial charge in [-0.25, -0.2) is 0 Å². The van der Waals surface area contributed by atoms with Gasteiger partial charge in [0.15, 0.2) is 0 Å². The molecule has 10 heavy (non-hydrogen) atoms. The summed E-state index contributed by atoms with van der Waals surface area (Å²) in [6.07, 6.45) is 0.296. The maximum absolute atomic E-state index is 9.09. The zero-order valence-corrected chi connectivity index (χ0v) is 6.16. The predicted molar refractivity (Wildman–Crippen MR) is 36.6 cm³/mol. The molecule has 1 saturated carbocycles. The standard InChI is InChI=1S/C7H14O3/c1-10-4-5-2-6(8)7(9)3-5/h5-9H,2-4H2,1H3/t5?,6-,7+. The highest BCUT2D eigenvalue weighted by atomic mass is 16.5. The first-order valence-corrected chi connectivity index (χ1v) is 3.59. The van der Waals surface area contributed by atoms with Crippen LogP contribution in [0.5, 0.6) is 0 Å². The summed E-state index contributed by atoms with van der Waals surface area (Å²) < 4.78 is 4.90. The largest absolute Gasteiger partial charge is 0.390 e. The molecule has 1 rings (SSSR count). The van der Waals surface area contributed by atoms with Crippen molar-refractivity contribution >= 4 is 0 Å². The van der Waals surface area contributed by atoms with Gasteiger partial charge in [-0.15, -0.1) is 0 Å². The molecule has 0 radical (unpaired) electrons. The van der Waals surface area contributed by atoms with E-state index in [0.29, 0.717) is 25.4 Å². The van der Waals surface area contributed by atoms with Gasteiger partial charge in [-0.05, 0) is 18.8 Å². The molecule has 60 valence electrons. The van der Waals surface area contributed by atoms with E-state index in [1.54, 1.807) is 7.11 Å². The van der Waals surface area contributed by atoms with Crippen molar-refractivity contribution in [2.24, 2.45) is 5.92 Å².